The lowest BCUT2D eigenvalue weighted by Crippen LogP contribution is -2.14. The van der Waals surface area contributed by atoms with Crippen molar-refractivity contribution in [3.63, 3.8) is 0 Å². The molecule has 0 fully saturated rings. The molecular formula is C14H7F3N2O. The minimum atomic E-state index is -1.66. The lowest BCUT2D eigenvalue weighted by Gasteiger charge is -2.07. The molecule has 0 atom stereocenters. The van der Waals surface area contributed by atoms with Gasteiger partial charge in [-0.3, -0.25) is 4.79 Å². The van der Waals surface area contributed by atoms with Crippen LogP contribution in [0.15, 0.2) is 36.4 Å². The fourth-order valence-corrected chi connectivity index (χ4v) is 1.55. The lowest BCUT2D eigenvalue weighted by molar-refractivity contribution is 0.102. The molecular weight excluding hydrogens is 269 g/mol. The second kappa shape index (κ2) is 5.45. The van der Waals surface area contributed by atoms with Gasteiger partial charge in [0.15, 0.2) is 17.5 Å². The molecule has 0 radical (unpaired) electrons. The van der Waals surface area contributed by atoms with Gasteiger partial charge in [0.2, 0.25) is 0 Å². The van der Waals surface area contributed by atoms with E-state index in [1.54, 1.807) is 0 Å². The van der Waals surface area contributed by atoms with Crippen LogP contribution in [0.25, 0.3) is 0 Å². The van der Waals surface area contributed by atoms with Gasteiger partial charge in [-0.05, 0) is 30.3 Å². The molecule has 2 aromatic carbocycles. The largest absolute Gasteiger partial charge is 0.319 e. The van der Waals surface area contributed by atoms with E-state index in [9.17, 15) is 18.0 Å². The molecule has 6 heteroatoms. The molecule has 2 rings (SSSR count). The van der Waals surface area contributed by atoms with Crippen molar-refractivity contribution in [2.24, 2.45) is 0 Å². The quantitative estimate of drug-likeness (QED) is 0.856. The number of carbonyl (C=O) groups is 1. The van der Waals surface area contributed by atoms with Gasteiger partial charge in [-0.25, -0.2) is 13.2 Å². The molecule has 0 spiro atoms. The number of nitrogens with one attached hydrogen (secondary N) is 1. The highest BCUT2D eigenvalue weighted by Gasteiger charge is 2.16. The Balaban J connectivity index is 2.28. The summed E-state index contributed by atoms with van der Waals surface area (Å²) in [7, 11) is 0. The van der Waals surface area contributed by atoms with E-state index in [1.165, 1.54) is 24.3 Å². The molecule has 3 nitrogen and oxygen atoms in total. The number of hydrogen-bond donors (Lipinski definition) is 1. The zero-order chi connectivity index (χ0) is 14.7. The van der Waals surface area contributed by atoms with Crippen LogP contribution in [-0.2, 0) is 0 Å². The Morgan fingerprint density at radius 1 is 1.10 bits per heavy atom. The Morgan fingerprint density at radius 2 is 1.85 bits per heavy atom. The SMILES string of the molecule is N#Cc1cccc(C(=O)Nc2ccc(F)c(F)c2F)c1. The zero-order valence-corrected chi connectivity index (χ0v) is 9.95. The lowest BCUT2D eigenvalue weighted by atomic mass is 10.1. The van der Waals surface area contributed by atoms with Crippen LogP contribution in [0.1, 0.15) is 15.9 Å². The fourth-order valence-electron chi connectivity index (χ4n) is 1.55. The van der Waals surface area contributed by atoms with Crippen LogP contribution in [-0.4, -0.2) is 5.91 Å². The van der Waals surface area contributed by atoms with Gasteiger partial charge in [-0.15, -0.1) is 0 Å². The Kier molecular flexibility index (Phi) is 3.71. The third-order valence-corrected chi connectivity index (χ3v) is 2.54. The topological polar surface area (TPSA) is 52.9 Å². The van der Waals surface area contributed by atoms with Gasteiger partial charge in [0.05, 0.1) is 17.3 Å². The van der Waals surface area contributed by atoms with E-state index in [1.807, 2.05) is 6.07 Å². The van der Waals surface area contributed by atoms with Gasteiger partial charge in [0.1, 0.15) is 0 Å². The van der Waals surface area contributed by atoms with Gasteiger partial charge in [-0.1, -0.05) is 6.07 Å². The summed E-state index contributed by atoms with van der Waals surface area (Å²) in [6, 6.07) is 9.16. The van der Waals surface area contributed by atoms with E-state index < -0.39 is 29.0 Å². The summed E-state index contributed by atoms with van der Waals surface area (Å²) in [5.74, 6) is -5.21. The Labute approximate surface area is 112 Å². The van der Waals surface area contributed by atoms with Crippen LogP contribution in [0.2, 0.25) is 0 Å². The average Bonchev–Trinajstić information content (AvgIpc) is 2.48. The normalized spacial score (nSPS) is 9.90. The third-order valence-electron chi connectivity index (χ3n) is 2.54. The monoisotopic (exact) mass is 276 g/mol. The van der Waals surface area contributed by atoms with E-state index in [-0.39, 0.29) is 11.1 Å². The Morgan fingerprint density at radius 3 is 2.55 bits per heavy atom. The van der Waals surface area contributed by atoms with Crippen molar-refractivity contribution in [2.45, 2.75) is 0 Å². The van der Waals surface area contributed by atoms with Crippen molar-refractivity contribution >= 4 is 11.6 Å². The van der Waals surface area contributed by atoms with Crippen LogP contribution < -0.4 is 5.32 Å². The molecule has 1 N–H and O–H groups in total. The molecule has 0 aliphatic heterocycles. The van der Waals surface area contributed by atoms with Crippen molar-refractivity contribution < 1.29 is 18.0 Å². The van der Waals surface area contributed by atoms with Crippen LogP contribution in [0.5, 0.6) is 0 Å². The number of benzene rings is 2. The van der Waals surface area contributed by atoms with Crippen LogP contribution in [0, 0.1) is 28.8 Å². The molecule has 1 amide bonds. The van der Waals surface area contributed by atoms with E-state index in [0.29, 0.717) is 6.07 Å². The van der Waals surface area contributed by atoms with E-state index in [4.69, 9.17) is 5.26 Å². The number of rotatable bonds is 2. The number of nitrogens with zero attached hydrogens (tertiary/aromatic N) is 1. The maximum Gasteiger partial charge on any atom is 0.255 e. The van der Waals surface area contributed by atoms with Crippen LogP contribution >= 0.6 is 0 Å². The summed E-state index contributed by atoms with van der Waals surface area (Å²) in [5, 5.41) is 10.8. The molecule has 0 aliphatic carbocycles. The zero-order valence-electron chi connectivity index (χ0n) is 9.95. The summed E-state index contributed by atoms with van der Waals surface area (Å²) in [6.45, 7) is 0. The first-order valence-corrected chi connectivity index (χ1v) is 5.48. The highest BCUT2D eigenvalue weighted by molar-refractivity contribution is 6.04. The molecule has 0 aliphatic rings. The molecule has 0 unspecified atom stereocenters. The summed E-state index contributed by atoms with van der Waals surface area (Å²) >= 11 is 0. The minimum Gasteiger partial charge on any atom is -0.319 e. The first-order valence-electron chi connectivity index (χ1n) is 5.48. The van der Waals surface area contributed by atoms with Crippen molar-refractivity contribution in [2.75, 3.05) is 5.32 Å². The minimum absolute atomic E-state index is 0.105. The molecule has 20 heavy (non-hydrogen) atoms. The summed E-state index contributed by atoms with van der Waals surface area (Å²) in [6.07, 6.45) is 0. The second-order valence-electron chi connectivity index (χ2n) is 3.87. The van der Waals surface area contributed by atoms with Crippen LogP contribution in [0.3, 0.4) is 0 Å². The molecule has 2 aromatic rings. The number of nitriles is 1. The molecule has 0 aromatic heterocycles. The Hall–Kier alpha value is -2.81. The maximum absolute atomic E-state index is 13.4. The van der Waals surface area contributed by atoms with Gasteiger partial charge in [0.25, 0.3) is 5.91 Å². The molecule has 0 saturated carbocycles. The first kappa shape index (κ1) is 13.6. The smallest absolute Gasteiger partial charge is 0.255 e. The van der Waals surface area contributed by atoms with Crippen molar-refractivity contribution in [3.8, 4) is 6.07 Å². The molecule has 0 bridgehead atoms. The predicted molar refractivity (Wildman–Crippen MR) is 65.4 cm³/mol. The van der Waals surface area contributed by atoms with Crippen molar-refractivity contribution in [1.82, 2.24) is 0 Å². The summed E-state index contributed by atoms with van der Waals surface area (Å²) in [4.78, 5) is 11.8. The number of hydrogen-bond acceptors (Lipinski definition) is 2. The van der Waals surface area contributed by atoms with E-state index in [0.717, 1.165) is 6.07 Å². The third kappa shape index (κ3) is 2.62. The number of anilines is 1. The number of amides is 1. The molecule has 0 saturated heterocycles. The molecule has 100 valence electrons. The highest BCUT2D eigenvalue weighted by Crippen LogP contribution is 2.20. The van der Waals surface area contributed by atoms with E-state index in [2.05, 4.69) is 5.32 Å². The van der Waals surface area contributed by atoms with Crippen molar-refractivity contribution in [3.05, 3.63) is 65.0 Å². The number of halogens is 3. The molecule has 0 heterocycles. The van der Waals surface area contributed by atoms with Gasteiger partial charge >= 0.3 is 0 Å². The number of carbonyl (C=O) groups excluding carboxylic acids is 1. The van der Waals surface area contributed by atoms with Gasteiger partial charge < -0.3 is 5.32 Å². The summed E-state index contributed by atoms with van der Waals surface area (Å²) < 4.78 is 39.2. The fraction of sp³-hybridized carbons (Fsp3) is 0. The van der Waals surface area contributed by atoms with Crippen LogP contribution in [0.4, 0.5) is 18.9 Å². The highest BCUT2D eigenvalue weighted by atomic mass is 19.2. The Bertz CT molecular complexity index is 723. The van der Waals surface area contributed by atoms with E-state index >= 15 is 0 Å². The summed E-state index contributed by atoms with van der Waals surface area (Å²) in [5.41, 5.74) is -0.118. The standard InChI is InChI=1S/C14H7F3N2O/c15-10-4-5-11(13(17)12(10)16)19-14(20)9-3-1-2-8(6-9)7-18/h1-6H,(H,19,20). The maximum atomic E-state index is 13.4. The van der Waals surface area contributed by atoms with Gasteiger partial charge in [-0.2, -0.15) is 5.26 Å². The predicted octanol–water partition coefficient (Wildman–Crippen LogP) is 3.23. The second-order valence-corrected chi connectivity index (χ2v) is 3.87. The average molecular weight is 276 g/mol. The first-order chi connectivity index (χ1) is 9.52. The van der Waals surface area contributed by atoms with Crippen molar-refractivity contribution in [1.29, 1.82) is 5.26 Å². The van der Waals surface area contributed by atoms with Gasteiger partial charge in [0, 0.05) is 5.56 Å².